The summed E-state index contributed by atoms with van der Waals surface area (Å²) in [5.74, 6) is 1.43. The smallest absolute Gasteiger partial charge is 0.214 e. The van der Waals surface area contributed by atoms with E-state index >= 15 is 0 Å². The summed E-state index contributed by atoms with van der Waals surface area (Å²) in [6, 6.07) is 5.64. The van der Waals surface area contributed by atoms with Gasteiger partial charge in [0.2, 0.25) is 5.88 Å². The molecule has 0 saturated carbocycles. The van der Waals surface area contributed by atoms with Crippen LogP contribution in [0.5, 0.6) is 5.88 Å². The third-order valence-corrected chi connectivity index (χ3v) is 2.96. The van der Waals surface area contributed by atoms with Gasteiger partial charge in [-0.3, -0.25) is 0 Å². The fraction of sp³-hybridized carbons (Fsp3) is 0.273. The van der Waals surface area contributed by atoms with Gasteiger partial charge in [-0.1, -0.05) is 6.07 Å². The minimum Gasteiger partial charge on any atom is -0.481 e. The van der Waals surface area contributed by atoms with Gasteiger partial charge < -0.3 is 10.1 Å². The van der Waals surface area contributed by atoms with Gasteiger partial charge in [-0.2, -0.15) is 4.98 Å². The molecule has 0 bridgehead atoms. The molecule has 0 atom stereocenters. The van der Waals surface area contributed by atoms with Crippen LogP contribution in [0.3, 0.4) is 0 Å². The van der Waals surface area contributed by atoms with Crippen LogP contribution >= 0.6 is 11.3 Å². The highest BCUT2D eigenvalue weighted by molar-refractivity contribution is 7.11. The Labute approximate surface area is 98.3 Å². The number of aromatic nitrogens is 2. The van der Waals surface area contributed by atoms with Crippen LogP contribution in [0.15, 0.2) is 24.4 Å². The zero-order valence-corrected chi connectivity index (χ0v) is 10.0. The molecule has 0 aliphatic carbocycles. The van der Waals surface area contributed by atoms with E-state index in [1.54, 1.807) is 18.4 Å². The number of hydrogen-bond acceptors (Lipinski definition) is 5. The van der Waals surface area contributed by atoms with E-state index < -0.39 is 0 Å². The van der Waals surface area contributed by atoms with Gasteiger partial charge in [-0.25, -0.2) is 4.98 Å². The summed E-state index contributed by atoms with van der Waals surface area (Å²) in [5.41, 5.74) is 0. The molecular weight excluding hydrogens is 222 g/mol. The molecule has 2 aromatic rings. The first-order valence-electron chi connectivity index (χ1n) is 4.94. The molecule has 0 amide bonds. The van der Waals surface area contributed by atoms with Gasteiger partial charge in [0, 0.05) is 17.1 Å². The van der Waals surface area contributed by atoms with Gasteiger partial charge in [-0.15, -0.1) is 11.3 Å². The number of nitrogens with zero attached hydrogens (tertiary/aromatic N) is 2. The van der Waals surface area contributed by atoms with E-state index in [2.05, 4.69) is 15.3 Å². The van der Waals surface area contributed by atoms with Crippen LogP contribution < -0.4 is 10.1 Å². The molecule has 4 nitrogen and oxygen atoms in total. The van der Waals surface area contributed by atoms with Crippen molar-refractivity contribution in [1.29, 1.82) is 0 Å². The van der Waals surface area contributed by atoms with Crippen LogP contribution in [-0.2, 0) is 6.54 Å². The topological polar surface area (TPSA) is 47.0 Å². The maximum Gasteiger partial charge on any atom is 0.214 e. The summed E-state index contributed by atoms with van der Waals surface area (Å²) < 4.78 is 5.05. The Morgan fingerprint density at radius 2 is 2.31 bits per heavy atom. The quantitative estimate of drug-likeness (QED) is 0.884. The Bertz CT molecular complexity index is 470. The van der Waals surface area contributed by atoms with Crippen LogP contribution in [0.25, 0.3) is 0 Å². The molecule has 1 N–H and O–H groups in total. The number of aryl methyl sites for hydroxylation is 1. The standard InChI is InChI=1S/C11H13N3OS/c1-8-12-6-9(16-8)7-13-10-4-3-5-11(14-10)15-2/h3-6H,7H2,1-2H3,(H,13,14). The molecule has 16 heavy (non-hydrogen) atoms. The van der Waals surface area contributed by atoms with Crippen molar-refractivity contribution in [2.75, 3.05) is 12.4 Å². The Morgan fingerprint density at radius 1 is 1.44 bits per heavy atom. The lowest BCUT2D eigenvalue weighted by Crippen LogP contribution is -2.00. The molecule has 0 aliphatic rings. The Morgan fingerprint density at radius 3 is 3.00 bits per heavy atom. The van der Waals surface area contributed by atoms with Crippen molar-refractivity contribution in [2.45, 2.75) is 13.5 Å². The maximum absolute atomic E-state index is 5.05. The maximum atomic E-state index is 5.05. The Kier molecular flexibility index (Phi) is 3.36. The third kappa shape index (κ3) is 2.70. The zero-order valence-electron chi connectivity index (χ0n) is 9.23. The second-order valence-corrected chi connectivity index (χ2v) is 4.58. The lowest BCUT2D eigenvalue weighted by Gasteiger charge is -2.04. The molecule has 5 heteroatoms. The highest BCUT2D eigenvalue weighted by Crippen LogP contribution is 2.15. The first-order chi connectivity index (χ1) is 7.78. The Hall–Kier alpha value is -1.62. The second-order valence-electron chi connectivity index (χ2n) is 3.26. The normalized spacial score (nSPS) is 10.1. The van der Waals surface area contributed by atoms with Gasteiger partial charge in [0.15, 0.2) is 0 Å². The monoisotopic (exact) mass is 235 g/mol. The third-order valence-electron chi connectivity index (χ3n) is 2.05. The van der Waals surface area contributed by atoms with E-state index in [-0.39, 0.29) is 0 Å². The first-order valence-corrected chi connectivity index (χ1v) is 5.76. The number of hydrogen-bond donors (Lipinski definition) is 1. The van der Waals surface area contributed by atoms with Crippen molar-refractivity contribution in [1.82, 2.24) is 9.97 Å². The molecule has 0 aliphatic heterocycles. The van der Waals surface area contributed by atoms with Crippen LogP contribution in [-0.4, -0.2) is 17.1 Å². The van der Waals surface area contributed by atoms with E-state index in [4.69, 9.17) is 4.74 Å². The van der Waals surface area contributed by atoms with E-state index in [0.717, 1.165) is 17.4 Å². The molecule has 0 saturated heterocycles. The SMILES string of the molecule is COc1cccc(NCc2cnc(C)s2)n1. The van der Waals surface area contributed by atoms with Crippen LogP contribution in [0.2, 0.25) is 0 Å². The number of ether oxygens (including phenoxy) is 1. The van der Waals surface area contributed by atoms with Crippen molar-refractivity contribution >= 4 is 17.2 Å². The van der Waals surface area contributed by atoms with Crippen molar-refractivity contribution in [3.8, 4) is 5.88 Å². The van der Waals surface area contributed by atoms with E-state index in [9.17, 15) is 0 Å². The largest absolute Gasteiger partial charge is 0.481 e. The number of anilines is 1. The molecule has 2 rings (SSSR count). The summed E-state index contributed by atoms with van der Waals surface area (Å²) in [6.07, 6.45) is 1.88. The molecule has 0 aromatic carbocycles. The molecule has 0 unspecified atom stereocenters. The number of rotatable bonds is 4. The number of nitrogens with one attached hydrogen (secondary N) is 1. The summed E-state index contributed by atoms with van der Waals surface area (Å²) >= 11 is 1.68. The van der Waals surface area contributed by atoms with Crippen LogP contribution in [0, 0.1) is 6.92 Å². The van der Waals surface area contributed by atoms with E-state index in [0.29, 0.717) is 5.88 Å². The summed E-state index contributed by atoms with van der Waals surface area (Å²) in [6.45, 7) is 2.74. The van der Waals surface area contributed by atoms with Crippen molar-refractivity contribution in [3.63, 3.8) is 0 Å². The zero-order chi connectivity index (χ0) is 11.4. The lowest BCUT2D eigenvalue weighted by atomic mass is 10.4. The molecule has 2 aromatic heterocycles. The predicted octanol–water partition coefficient (Wildman–Crippen LogP) is 2.47. The lowest BCUT2D eigenvalue weighted by molar-refractivity contribution is 0.398. The van der Waals surface area contributed by atoms with Gasteiger partial charge in [0.05, 0.1) is 18.7 Å². The highest BCUT2D eigenvalue weighted by atomic mass is 32.1. The average Bonchev–Trinajstić information content (AvgIpc) is 2.73. The van der Waals surface area contributed by atoms with Gasteiger partial charge >= 0.3 is 0 Å². The summed E-state index contributed by atoms with van der Waals surface area (Å²) in [7, 11) is 1.61. The highest BCUT2D eigenvalue weighted by Gasteiger charge is 2.00. The van der Waals surface area contributed by atoms with Crippen LogP contribution in [0.1, 0.15) is 9.88 Å². The van der Waals surface area contributed by atoms with Gasteiger partial charge in [0.25, 0.3) is 0 Å². The molecular formula is C11H13N3OS. The summed E-state index contributed by atoms with van der Waals surface area (Å²) in [4.78, 5) is 9.66. The van der Waals surface area contributed by atoms with Crippen molar-refractivity contribution in [2.24, 2.45) is 0 Å². The second kappa shape index (κ2) is 4.94. The molecule has 84 valence electrons. The minimum absolute atomic E-state index is 0.616. The first kappa shape index (κ1) is 10.9. The predicted molar refractivity (Wildman–Crippen MR) is 65.0 cm³/mol. The number of methoxy groups -OCH3 is 1. The van der Waals surface area contributed by atoms with Crippen LogP contribution in [0.4, 0.5) is 5.82 Å². The fourth-order valence-corrected chi connectivity index (χ4v) is 2.03. The van der Waals surface area contributed by atoms with Gasteiger partial charge in [0.1, 0.15) is 5.82 Å². The number of pyridine rings is 1. The van der Waals surface area contributed by atoms with Crippen molar-refractivity contribution < 1.29 is 4.74 Å². The molecule has 0 spiro atoms. The summed E-state index contributed by atoms with van der Waals surface area (Å²) in [5, 5.41) is 4.31. The number of thiazole rings is 1. The minimum atomic E-state index is 0.616. The average molecular weight is 235 g/mol. The van der Waals surface area contributed by atoms with E-state index in [1.165, 1.54) is 4.88 Å². The fourth-order valence-electron chi connectivity index (χ4n) is 1.29. The van der Waals surface area contributed by atoms with Crippen molar-refractivity contribution in [3.05, 3.63) is 34.3 Å². The van der Waals surface area contributed by atoms with Gasteiger partial charge in [-0.05, 0) is 13.0 Å². The Balaban J connectivity index is 1.99. The molecule has 2 heterocycles. The molecule has 0 radical (unpaired) electrons. The van der Waals surface area contributed by atoms with E-state index in [1.807, 2.05) is 31.3 Å². The molecule has 0 fully saturated rings.